The van der Waals surface area contributed by atoms with E-state index in [4.69, 9.17) is 10.5 Å². The Bertz CT molecular complexity index is 1550. The van der Waals surface area contributed by atoms with Crippen molar-refractivity contribution in [3.05, 3.63) is 89.7 Å². The molecule has 1 fully saturated rings. The summed E-state index contributed by atoms with van der Waals surface area (Å²) < 4.78 is 77.1. The maximum Gasteiger partial charge on any atom is 0.323 e. The van der Waals surface area contributed by atoms with Gasteiger partial charge >= 0.3 is 5.97 Å². The van der Waals surface area contributed by atoms with E-state index in [0.717, 1.165) is 28.2 Å². The van der Waals surface area contributed by atoms with Gasteiger partial charge in [0.05, 0.1) is 17.5 Å². The van der Waals surface area contributed by atoms with Gasteiger partial charge in [-0.2, -0.15) is 4.31 Å². The SMILES string of the molecule is CC(C)[C@@H](N)C(=O)OCC[C@H](NC(=O)[C@@H]1SCCN1S(=O)(=O)c1ccc(-c2ccccc2F)cc1)c1c(F)cccc1F. The summed E-state index contributed by atoms with van der Waals surface area (Å²) in [5.74, 6) is -3.68. The van der Waals surface area contributed by atoms with Crippen molar-refractivity contribution < 1.29 is 35.9 Å². The van der Waals surface area contributed by atoms with Crippen LogP contribution < -0.4 is 11.1 Å². The van der Waals surface area contributed by atoms with Crippen LogP contribution in [0.25, 0.3) is 11.1 Å². The molecule has 0 aromatic heterocycles. The summed E-state index contributed by atoms with van der Waals surface area (Å²) in [6, 6.07) is 12.8. The first-order valence-corrected chi connectivity index (χ1v) is 16.1. The summed E-state index contributed by atoms with van der Waals surface area (Å²) in [4.78, 5) is 25.6. The number of amides is 1. The topological polar surface area (TPSA) is 119 Å². The number of sulfonamides is 1. The summed E-state index contributed by atoms with van der Waals surface area (Å²) in [6.45, 7) is 3.19. The summed E-state index contributed by atoms with van der Waals surface area (Å²) in [6.07, 6.45) is -0.193. The number of nitrogens with zero attached hydrogens (tertiary/aromatic N) is 1. The van der Waals surface area contributed by atoms with E-state index in [-0.39, 0.29) is 30.4 Å². The monoisotopic (exact) mass is 635 g/mol. The number of nitrogens with two attached hydrogens (primary N) is 1. The Morgan fingerprint density at radius 1 is 1.00 bits per heavy atom. The first kappa shape index (κ1) is 32.5. The van der Waals surface area contributed by atoms with Crippen molar-refractivity contribution >= 4 is 33.7 Å². The molecule has 0 radical (unpaired) electrons. The van der Waals surface area contributed by atoms with Gasteiger partial charge in [0.2, 0.25) is 15.9 Å². The van der Waals surface area contributed by atoms with E-state index in [1.54, 1.807) is 32.0 Å². The van der Waals surface area contributed by atoms with E-state index in [1.165, 1.54) is 36.4 Å². The molecule has 3 aromatic carbocycles. The molecule has 4 rings (SSSR count). The Morgan fingerprint density at radius 2 is 1.63 bits per heavy atom. The highest BCUT2D eigenvalue weighted by Gasteiger charge is 2.41. The van der Waals surface area contributed by atoms with Crippen molar-refractivity contribution in [3.8, 4) is 11.1 Å². The van der Waals surface area contributed by atoms with Crippen LogP contribution in [-0.2, 0) is 24.3 Å². The number of hydrogen-bond acceptors (Lipinski definition) is 7. The Labute approximate surface area is 252 Å². The lowest BCUT2D eigenvalue weighted by Crippen LogP contribution is -2.46. The van der Waals surface area contributed by atoms with Crippen molar-refractivity contribution in [2.24, 2.45) is 11.7 Å². The fourth-order valence-corrected chi connectivity index (χ4v) is 7.65. The average Bonchev–Trinajstić information content (AvgIpc) is 3.48. The normalized spacial score (nSPS) is 17.0. The molecular formula is C30H32F3N3O5S2. The Morgan fingerprint density at radius 3 is 2.26 bits per heavy atom. The van der Waals surface area contributed by atoms with Crippen LogP contribution in [0.2, 0.25) is 0 Å². The van der Waals surface area contributed by atoms with Crippen LogP contribution in [-0.4, -0.2) is 54.9 Å². The number of ether oxygens (including phenoxy) is 1. The van der Waals surface area contributed by atoms with Gasteiger partial charge in [-0.25, -0.2) is 21.6 Å². The quantitative estimate of drug-likeness (QED) is 0.296. The van der Waals surface area contributed by atoms with E-state index in [2.05, 4.69) is 5.32 Å². The molecule has 0 aliphatic carbocycles. The Balaban J connectivity index is 1.53. The predicted molar refractivity (Wildman–Crippen MR) is 158 cm³/mol. The number of carbonyl (C=O) groups is 2. The van der Waals surface area contributed by atoms with Gasteiger partial charge in [-0.1, -0.05) is 50.2 Å². The molecule has 3 N–H and O–H groups in total. The van der Waals surface area contributed by atoms with Crippen molar-refractivity contribution in [2.75, 3.05) is 18.9 Å². The number of halogens is 3. The zero-order chi connectivity index (χ0) is 31.3. The molecule has 230 valence electrons. The zero-order valence-electron chi connectivity index (χ0n) is 23.5. The number of thioether (sulfide) groups is 1. The average molecular weight is 636 g/mol. The first-order valence-electron chi connectivity index (χ1n) is 13.6. The van der Waals surface area contributed by atoms with Gasteiger partial charge in [-0.3, -0.25) is 9.59 Å². The number of hydrogen-bond donors (Lipinski definition) is 2. The van der Waals surface area contributed by atoms with Gasteiger partial charge in [0.1, 0.15) is 28.9 Å². The molecular weight excluding hydrogens is 603 g/mol. The van der Waals surface area contributed by atoms with Crippen LogP contribution in [0.3, 0.4) is 0 Å². The van der Waals surface area contributed by atoms with Crippen LogP contribution in [0, 0.1) is 23.4 Å². The molecule has 3 aromatic rings. The largest absolute Gasteiger partial charge is 0.464 e. The van der Waals surface area contributed by atoms with Crippen LogP contribution in [0.1, 0.15) is 31.9 Å². The third kappa shape index (κ3) is 7.40. The fraction of sp³-hybridized carbons (Fsp3) is 0.333. The molecule has 0 unspecified atom stereocenters. The minimum atomic E-state index is -4.18. The second-order valence-corrected chi connectivity index (χ2v) is 13.3. The van der Waals surface area contributed by atoms with Gasteiger partial charge in [-0.15, -0.1) is 11.8 Å². The molecule has 13 heteroatoms. The van der Waals surface area contributed by atoms with Crippen molar-refractivity contribution in [3.63, 3.8) is 0 Å². The van der Waals surface area contributed by atoms with E-state index in [9.17, 15) is 31.2 Å². The van der Waals surface area contributed by atoms with Gasteiger partial charge in [0.15, 0.2) is 0 Å². The minimum Gasteiger partial charge on any atom is -0.464 e. The number of rotatable bonds is 11. The van der Waals surface area contributed by atoms with E-state index < -0.39 is 62.4 Å². The van der Waals surface area contributed by atoms with Gasteiger partial charge < -0.3 is 15.8 Å². The summed E-state index contributed by atoms with van der Waals surface area (Å²) in [5, 5.41) is 1.33. The van der Waals surface area contributed by atoms with E-state index in [1.807, 2.05) is 0 Å². The molecule has 1 heterocycles. The molecule has 1 amide bonds. The summed E-state index contributed by atoms with van der Waals surface area (Å²) in [7, 11) is -4.18. The smallest absolute Gasteiger partial charge is 0.323 e. The molecule has 8 nitrogen and oxygen atoms in total. The third-order valence-electron chi connectivity index (χ3n) is 7.02. The second kappa shape index (κ2) is 13.9. The standard InChI is InChI=1S/C30H32F3N3O5S2/c1-18(2)27(34)30(38)41-16-14-25(26-23(32)8-5-9-24(26)33)35-28(37)29-36(15-17-42-29)43(39,40)20-12-10-19(11-13-20)21-6-3-4-7-22(21)31/h3-13,18,25,27,29H,14-17,34H2,1-2H3,(H,35,37)/t25-,27+,29-/m0/s1. The van der Waals surface area contributed by atoms with Gasteiger partial charge in [0.25, 0.3) is 0 Å². The third-order valence-corrected chi connectivity index (χ3v) is 10.2. The fourth-order valence-electron chi connectivity index (χ4n) is 4.57. The lowest BCUT2D eigenvalue weighted by molar-refractivity contribution is -0.146. The number of esters is 1. The molecule has 1 aliphatic heterocycles. The number of nitrogens with one attached hydrogen (secondary N) is 1. The lowest BCUT2D eigenvalue weighted by atomic mass is 10.0. The molecule has 3 atom stereocenters. The zero-order valence-corrected chi connectivity index (χ0v) is 25.1. The molecule has 1 aliphatic rings. The highest BCUT2D eigenvalue weighted by Crippen LogP contribution is 2.33. The van der Waals surface area contributed by atoms with Crippen molar-refractivity contribution in [1.29, 1.82) is 0 Å². The lowest BCUT2D eigenvalue weighted by Gasteiger charge is -2.26. The highest BCUT2D eigenvalue weighted by molar-refractivity contribution is 8.02. The molecule has 0 spiro atoms. The van der Waals surface area contributed by atoms with Crippen LogP contribution >= 0.6 is 11.8 Å². The maximum absolute atomic E-state index is 14.8. The maximum atomic E-state index is 14.8. The van der Waals surface area contributed by atoms with E-state index in [0.29, 0.717) is 16.9 Å². The number of carbonyl (C=O) groups excluding carboxylic acids is 2. The van der Waals surface area contributed by atoms with Crippen LogP contribution in [0.15, 0.2) is 71.6 Å². The number of benzene rings is 3. The second-order valence-electron chi connectivity index (χ2n) is 10.3. The minimum absolute atomic E-state index is 0.0174. The Hall–Kier alpha value is -3.39. The van der Waals surface area contributed by atoms with E-state index >= 15 is 0 Å². The van der Waals surface area contributed by atoms with Crippen molar-refractivity contribution in [1.82, 2.24) is 9.62 Å². The first-order chi connectivity index (χ1) is 20.4. The Kier molecular flexibility index (Phi) is 10.5. The van der Waals surface area contributed by atoms with Crippen molar-refractivity contribution in [2.45, 2.75) is 42.6 Å². The molecule has 0 bridgehead atoms. The molecule has 1 saturated heterocycles. The van der Waals surface area contributed by atoms with Crippen LogP contribution in [0.4, 0.5) is 13.2 Å². The summed E-state index contributed by atoms with van der Waals surface area (Å²) >= 11 is 1.06. The van der Waals surface area contributed by atoms with Crippen LogP contribution in [0.5, 0.6) is 0 Å². The molecule has 43 heavy (non-hydrogen) atoms. The molecule has 0 saturated carbocycles. The highest BCUT2D eigenvalue weighted by atomic mass is 32.2. The predicted octanol–water partition coefficient (Wildman–Crippen LogP) is 4.61. The van der Waals surface area contributed by atoms with Gasteiger partial charge in [0, 0.05) is 29.8 Å². The van der Waals surface area contributed by atoms with Gasteiger partial charge in [-0.05, 0) is 41.8 Å². The summed E-state index contributed by atoms with van der Waals surface area (Å²) in [5.41, 5.74) is 6.15.